The van der Waals surface area contributed by atoms with Crippen molar-refractivity contribution in [2.75, 3.05) is 7.11 Å². The van der Waals surface area contributed by atoms with Gasteiger partial charge in [0, 0.05) is 24.2 Å². The van der Waals surface area contributed by atoms with Crippen LogP contribution in [0.4, 0.5) is 0 Å². The van der Waals surface area contributed by atoms with Crippen LogP contribution in [0, 0.1) is 13.8 Å². The van der Waals surface area contributed by atoms with E-state index in [1.807, 2.05) is 55.8 Å². The lowest BCUT2D eigenvalue weighted by Gasteiger charge is -2.15. The minimum Gasteiger partial charge on any atom is -0.496 e. The topological polar surface area (TPSA) is 56.1 Å². The molecule has 0 aliphatic carbocycles. The van der Waals surface area contributed by atoms with E-state index in [0.29, 0.717) is 13.0 Å². The third-order valence-electron chi connectivity index (χ3n) is 3.61. The highest BCUT2D eigenvalue weighted by Crippen LogP contribution is 2.17. The first kappa shape index (κ1) is 16.1. The number of nitrogens with one attached hydrogen (secondary N) is 1. The summed E-state index contributed by atoms with van der Waals surface area (Å²) in [6, 6.07) is 9.73. The Labute approximate surface area is 131 Å². The van der Waals surface area contributed by atoms with E-state index in [2.05, 4.69) is 10.4 Å². The average molecular weight is 301 g/mol. The summed E-state index contributed by atoms with van der Waals surface area (Å²) in [6.45, 7) is 6.43. The number of carbonyl (C=O) groups is 1. The predicted molar refractivity (Wildman–Crippen MR) is 85.9 cm³/mol. The lowest BCUT2D eigenvalue weighted by Crippen LogP contribution is -2.26. The van der Waals surface area contributed by atoms with Gasteiger partial charge >= 0.3 is 0 Å². The van der Waals surface area contributed by atoms with Crippen LogP contribution in [0.25, 0.3) is 0 Å². The number of hydrogen-bond donors (Lipinski definition) is 1. The highest BCUT2D eigenvalue weighted by molar-refractivity contribution is 5.76. The van der Waals surface area contributed by atoms with Gasteiger partial charge in [0.25, 0.3) is 0 Å². The molecule has 0 unspecified atom stereocenters. The SMILES string of the molecule is COc1ccccc1CNC(=O)C[C@@H](C)n1nc(C)cc1C. The molecule has 0 aliphatic rings. The van der Waals surface area contributed by atoms with Crippen LogP contribution in [0.2, 0.25) is 0 Å². The maximum atomic E-state index is 12.1. The van der Waals surface area contributed by atoms with Gasteiger partial charge in [0.2, 0.25) is 5.91 Å². The van der Waals surface area contributed by atoms with E-state index in [-0.39, 0.29) is 11.9 Å². The Kier molecular flexibility index (Phi) is 5.20. The Morgan fingerprint density at radius 2 is 2.09 bits per heavy atom. The quantitative estimate of drug-likeness (QED) is 0.892. The molecule has 2 aromatic rings. The van der Waals surface area contributed by atoms with Crippen LogP contribution in [0.5, 0.6) is 5.75 Å². The molecule has 5 heteroatoms. The second kappa shape index (κ2) is 7.11. The first-order chi connectivity index (χ1) is 10.5. The standard InChI is InChI=1S/C17H23N3O2/c1-12-9-13(2)20(19-12)14(3)10-17(21)18-11-15-7-5-6-8-16(15)22-4/h5-9,14H,10-11H2,1-4H3,(H,18,21)/t14-/m1/s1. The molecule has 0 aliphatic heterocycles. The van der Waals surface area contributed by atoms with Crippen LogP contribution < -0.4 is 10.1 Å². The summed E-state index contributed by atoms with van der Waals surface area (Å²) in [5.74, 6) is 0.792. The number of aryl methyl sites for hydroxylation is 2. The molecule has 2 rings (SSSR count). The number of methoxy groups -OCH3 is 1. The van der Waals surface area contributed by atoms with Gasteiger partial charge < -0.3 is 10.1 Å². The Bertz CT molecular complexity index is 649. The van der Waals surface area contributed by atoms with Crippen LogP contribution in [0.3, 0.4) is 0 Å². The zero-order chi connectivity index (χ0) is 16.1. The van der Waals surface area contributed by atoms with Gasteiger partial charge in [-0.25, -0.2) is 0 Å². The molecule has 0 spiro atoms. The molecule has 0 bridgehead atoms. The Hall–Kier alpha value is -2.30. The maximum absolute atomic E-state index is 12.1. The second-order valence-corrected chi connectivity index (χ2v) is 5.51. The lowest BCUT2D eigenvalue weighted by atomic mass is 10.2. The Morgan fingerprint density at radius 3 is 2.73 bits per heavy atom. The van der Waals surface area contributed by atoms with Crippen LogP contribution in [-0.2, 0) is 11.3 Å². The third kappa shape index (κ3) is 3.87. The molecule has 22 heavy (non-hydrogen) atoms. The van der Waals surface area contributed by atoms with E-state index in [1.54, 1.807) is 7.11 Å². The smallest absolute Gasteiger partial charge is 0.222 e. The minimum atomic E-state index is 0.00552. The molecular formula is C17H23N3O2. The number of aromatic nitrogens is 2. The van der Waals surface area contributed by atoms with Crippen molar-refractivity contribution < 1.29 is 9.53 Å². The largest absolute Gasteiger partial charge is 0.496 e. The molecule has 1 N–H and O–H groups in total. The molecule has 1 amide bonds. The first-order valence-corrected chi connectivity index (χ1v) is 7.42. The molecule has 1 atom stereocenters. The number of rotatable bonds is 6. The first-order valence-electron chi connectivity index (χ1n) is 7.42. The summed E-state index contributed by atoms with van der Waals surface area (Å²) < 4.78 is 7.18. The van der Waals surface area contributed by atoms with E-state index in [9.17, 15) is 4.79 Å². The van der Waals surface area contributed by atoms with Crippen LogP contribution in [0.15, 0.2) is 30.3 Å². The molecule has 0 radical (unpaired) electrons. The number of hydrogen-bond acceptors (Lipinski definition) is 3. The minimum absolute atomic E-state index is 0.00552. The normalized spacial score (nSPS) is 12.0. The number of ether oxygens (including phenoxy) is 1. The third-order valence-corrected chi connectivity index (χ3v) is 3.61. The highest BCUT2D eigenvalue weighted by Gasteiger charge is 2.14. The van der Waals surface area contributed by atoms with Crippen molar-refractivity contribution in [2.45, 2.75) is 39.8 Å². The van der Waals surface area contributed by atoms with Gasteiger partial charge in [-0.1, -0.05) is 18.2 Å². The van der Waals surface area contributed by atoms with Crippen molar-refractivity contribution in [3.8, 4) is 5.75 Å². The van der Waals surface area contributed by atoms with E-state index in [1.165, 1.54) is 0 Å². The number of amides is 1. The molecule has 1 aromatic carbocycles. The number of nitrogens with zero attached hydrogens (tertiary/aromatic N) is 2. The van der Waals surface area contributed by atoms with Crippen molar-refractivity contribution >= 4 is 5.91 Å². The molecule has 0 saturated carbocycles. The summed E-state index contributed by atoms with van der Waals surface area (Å²) in [4.78, 5) is 12.1. The zero-order valence-electron chi connectivity index (χ0n) is 13.6. The van der Waals surface area contributed by atoms with Gasteiger partial charge in [-0.3, -0.25) is 9.48 Å². The number of para-hydroxylation sites is 1. The monoisotopic (exact) mass is 301 g/mol. The van der Waals surface area contributed by atoms with Crippen molar-refractivity contribution in [3.63, 3.8) is 0 Å². The fourth-order valence-corrected chi connectivity index (χ4v) is 2.56. The molecule has 118 valence electrons. The van der Waals surface area contributed by atoms with Crippen molar-refractivity contribution in [1.29, 1.82) is 0 Å². The van der Waals surface area contributed by atoms with Gasteiger partial charge in [0.05, 0.1) is 18.8 Å². The van der Waals surface area contributed by atoms with Gasteiger partial charge in [0.15, 0.2) is 0 Å². The van der Waals surface area contributed by atoms with E-state index in [0.717, 1.165) is 22.7 Å². The molecule has 0 fully saturated rings. The van der Waals surface area contributed by atoms with Gasteiger partial charge in [-0.05, 0) is 32.9 Å². The van der Waals surface area contributed by atoms with Crippen molar-refractivity contribution in [1.82, 2.24) is 15.1 Å². The number of benzene rings is 1. The fraction of sp³-hybridized carbons (Fsp3) is 0.412. The molecular weight excluding hydrogens is 278 g/mol. The maximum Gasteiger partial charge on any atom is 0.222 e. The summed E-state index contributed by atoms with van der Waals surface area (Å²) in [5.41, 5.74) is 3.01. The average Bonchev–Trinajstić information content (AvgIpc) is 2.84. The second-order valence-electron chi connectivity index (χ2n) is 5.51. The van der Waals surface area contributed by atoms with E-state index >= 15 is 0 Å². The van der Waals surface area contributed by atoms with Crippen LogP contribution in [0.1, 0.15) is 36.3 Å². The molecule has 0 saturated heterocycles. The van der Waals surface area contributed by atoms with E-state index in [4.69, 9.17) is 4.74 Å². The summed E-state index contributed by atoms with van der Waals surface area (Å²) >= 11 is 0. The van der Waals surface area contributed by atoms with Crippen molar-refractivity contribution in [2.24, 2.45) is 0 Å². The van der Waals surface area contributed by atoms with Crippen LogP contribution in [-0.4, -0.2) is 22.8 Å². The zero-order valence-corrected chi connectivity index (χ0v) is 13.6. The summed E-state index contributed by atoms with van der Waals surface area (Å²) in [5, 5.41) is 7.37. The van der Waals surface area contributed by atoms with Gasteiger partial charge in [-0.2, -0.15) is 5.10 Å². The van der Waals surface area contributed by atoms with Crippen LogP contribution >= 0.6 is 0 Å². The van der Waals surface area contributed by atoms with Gasteiger partial charge in [-0.15, -0.1) is 0 Å². The summed E-state index contributed by atoms with van der Waals surface area (Å²) in [7, 11) is 1.63. The molecule has 1 aromatic heterocycles. The summed E-state index contributed by atoms with van der Waals surface area (Å²) in [6.07, 6.45) is 0.400. The molecule has 5 nitrogen and oxygen atoms in total. The highest BCUT2D eigenvalue weighted by atomic mass is 16.5. The Morgan fingerprint density at radius 1 is 1.36 bits per heavy atom. The predicted octanol–water partition coefficient (Wildman–Crippen LogP) is 2.78. The number of carbonyl (C=O) groups excluding carboxylic acids is 1. The van der Waals surface area contributed by atoms with Crippen molar-refractivity contribution in [3.05, 3.63) is 47.3 Å². The Balaban J connectivity index is 1.91. The lowest BCUT2D eigenvalue weighted by molar-refractivity contribution is -0.122. The van der Waals surface area contributed by atoms with E-state index < -0.39 is 0 Å². The molecule has 1 heterocycles. The fourth-order valence-electron chi connectivity index (χ4n) is 2.56. The van der Waals surface area contributed by atoms with Gasteiger partial charge in [0.1, 0.15) is 5.75 Å².